The number of hydrogen-bond donors (Lipinski definition) is 1. The molecule has 90 valence electrons. The van der Waals surface area contributed by atoms with Crippen LogP contribution in [-0.4, -0.2) is 42.8 Å². The molecular weight excluding hydrogens is 188 g/mol. The molecule has 0 aromatic carbocycles. The maximum atomic E-state index is 6.03. The smallest absolute Gasteiger partial charge is 0.0645 e. The van der Waals surface area contributed by atoms with E-state index in [0.717, 1.165) is 39.1 Å². The molecule has 1 unspecified atom stereocenters. The molecule has 1 aliphatic rings. The maximum absolute atomic E-state index is 6.03. The number of ether oxygens (including phenoxy) is 1. The Kier molecular flexibility index (Phi) is 5.03. The highest BCUT2D eigenvalue weighted by atomic mass is 16.5. The van der Waals surface area contributed by atoms with Crippen LogP contribution in [0, 0.1) is 0 Å². The topological polar surface area (TPSA) is 38.5 Å². The molecular formula is C12H26N2O. The molecule has 3 nitrogen and oxygen atoms in total. The fraction of sp³-hybridized carbons (Fsp3) is 1.00. The Bertz CT molecular complexity index is 182. The molecule has 0 bridgehead atoms. The van der Waals surface area contributed by atoms with E-state index in [-0.39, 0.29) is 5.54 Å². The van der Waals surface area contributed by atoms with E-state index in [1.165, 1.54) is 6.42 Å². The molecule has 15 heavy (non-hydrogen) atoms. The highest BCUT2D eigenvalue weighted by molar-refractivity contribution is 4.84. The number of nitrogens with zero attached hydrogens (tertiary/aromatic N) is 1. The minimum absolute atomic E-state index is 0.185. The highest BCUT2D eigenvalue weighted by Crippen LogP contribution is 2.19. The van der Waals surface area contributed by atoms with E-state index in [0.29, 0.717) is 6.04 Å². The summed E-state index contributed by atoms with van der Waals surface area (Å²) in [7, 11) is 0. The van der Waals surface area contributed by atoms with Crippen molar-refractivity contribution >= 4 is 0 Å². The monoisotopic (exact) mass is 214 g/mol. The van der Waals surface area contributed by atoms with Crippen LogP contribution in [0.2, 0.25) is 0 Å². The highest BCUT2D eigenvalue weighted by Gasteiger charge is 2.29. The Balaban J connectivity index is 2.30. The lowest BCUT2D eigenvalue weighted by Gasteiger charge is -2.42. The summed E-state index contributed by atoms with van der Waals surface area (Å²) in [4.78, 5) is 2.51. The summed E-state index contributed by atoms with van der Waals surface area (Å²) in [6.45, 7) is 10.6. The van der Waals surface area contributed by atoms with Crippen LogP contribution in [0.5, 0.6) is 0 Å². The summed E-state index contributed by atoms with van der Waals surface area (Å²) in [6, 6.07) is 0.369. The first-order chi connectivity index (χ1) is 7.06. The Labute approximate surface area is 94.0 Å². The summed E-state index contributed by atoms with van der Waals surface area (Å²) in [5.41, 5.74) is 6.22. The first-order valence-electron chi connectivity index (χ1n) is 6.14. The molecule has 0 aromatic rings. The van der Waals surface area contributed by atoms with Crippen molar-refractivity contribution in [3.63, 3.8) is 0 Å². The summed E-state index contributed by atoms with van der Waals surface area (Å²) in [6.07, 6.45) is 3.44. The Morgan fingerprint density at radius 2 is 2.13 bits per heavy atom. The van der Waals surface area contributed by atoms with Crippen molar-refractivity contribution < 1.29 is 4.74 Å². The van der Waals surface area contributed by atoms with E-state index in [1.807, 2.05) is 0 Å². The Morgan fingerprint density at radius 1 is 1.40 bits per heavy atom. The van der Waals surface area contributed by atoms with Crippen LogP contribution in [0.3, 0.4) is 0 Å². The summed E-state index contributed by atoms with van der Waals surface area (Å²) in [5.74, 6) is 0. The first kappa shape index (κ1) is 12.9. The van der Waals surface area contributed by atoms with E-state index < -0.39 is 0 Å². The average Bonchev–Trinajstić information content (AvgIpc) is 2.16. The summed E-state index contributed by atoms with van der Waals surface area (Å²) < 4.78 is 5.50. The molecule has 1 aliphatic heterocycles. The second-order valence-corrected chi connectivity index (χ2v) is 5.19. The number of morpholine rings is 1. The standard InChI is InChI=1S/C12H26N2O/c1-4-5-11(13)6-7-14-8-9-15-10-12(14,2)3/h11H,4-10,13H2,1-3H3. The summed E-state index contributed by atoms with van der Waals surface area (Å²) >= 11 is 0. The van der Waals surface area contributed by atoms with Crippen LogP contribution < -0.4 is 5.73 Å². The third-order valence-electron chi connectivity index (χ3n) is 3.25. The predicted molar refractivity (Wildman–Crippen MR) is 64.0 cm³/mol. The molecule has 0 radical (unpaired) electrons. The van der Waals surface area contributed by atoms with Gasteiger partial charge >= 0.3 is 0 Å². The second-order valence-electron chi connectivity index (χ2n) is 5.19. The van der Waals surface area contributed by atoms with Gasteiger partial charge in [0.25, 0.3) is 0 Å². The molecule has 0 saturated carbocycles. The van der Waals surface area contributed by atoms with E-state index >= 15 is 0 Å². The SMILES string of the molecule is CCCC(N)CCN1CCOCC1(C)C. The minimum Gasteiger partial charge on any atom is -0.378 e. The Hall–Kier alpha value is -0.120. The van der Waals surface area contributed by atoms with E-state index in [4.69, 9.17) is 10.5 Å². The van der Waals surface area contributed by atoms with E-state index in [1.54, 1.807) is 0 Å². The van der Waals surface area contributed by atoms with Crippen LogP contribution in [0.25, 0.3) is 0 Å². The van der Waals surface area contributed by atoms with Crippen LogP contribution in [0.1, 0.15) is 40.0 Å². The van der Waals surface area contributed by atoms with Crippen molar-refractivity contribution in [3.05, 3.63) is 0 Å². The van der Waals surface area contributed by atoms with Crippen molar-refractivity contribution in [1.29, 1.82) is 0 Å². The molecule has 0 aliphatic carbocycles. The number of hydrogen-bond acceptors (Lipinski definition) is 3. The first-order valence-corrected chi connectivity index (χ1v) is 6.14. The van der Waals surface area contributed by atoms with Gasteiger partial charge in [-0.3, -0.25) is 4.90 Å². The van der Waals surface area contributed by atoms with Gasteiger partial charge in [0.05, 0.1) is 13.2 Å². The Morgan fingerprint density at radius 3 is 2.73 bits per heavy atom. The minimum atomic E-state index is 0.185. The fourth-order valence-electron chi connectivity index (χ4n) is 2.14. The van der Waals surface area contributed by atoms with Crippen LogP contribution >= 0.6 is 0 Å². The zero-order valence-electron chi connectivity index (χ0n) is 10.5. The zero-order chi connectivity index (χ0) is 11.3. The van der Waals surface area contributed by atoms with Crippen molar-refractivity contribution in [2.75, 3.05) is 26.3 Å². The molecule has 2 N–H and O–H groups in total. The third-order valence-corrected chi connectivity index (χ3v) is 3.25. The van der Waals surface area contributed by atoms with Gasteiger partial charge in [0.1, 0.15) is 0 Å². The van der Waals surface area contributed by atoms with Gasteiger partial charge in [-0.2, -0.15) is 0 Å². The molecule has 0 aromatic heterocycles. The van der Waals surface area contributed by atoms with Crippen LogP contribution in [-0.2, 0) is 4.74 Å². The van der Waals surface area contributed by atoms with Crippen molar-refractivity contribution in [1.82, 2.24) is 4.90 Å². The van der Waals surface area contributed by atoms with Gasteiger partial charge in [-0.25, -0.2) is 0 Å². The molecule has 1 rings (SSSR count). The molecule has 0 amide bonds. The number of rotatable bonds is 5. The van der Waals surface area contributed by atoms with Crippen LogP contribution in [0.15, 0.2) is 0 Å². The third kappa shape index (κ3) is 4.09. The summed E-state index contributed by atoms with van der Waals surface area (Å²) in [5, 5.41) is 0. The molecule has 1 saturated heterocycles. The lowest BCUT2D eigenvalue weighted by Crippen LogP contribution is -2.53. The van der Waals surface area contributed by atoms with Gasteiger partial charge in [-0.05, 0) is 26.7 Å². The average molecular weight is 214 g/mol. The van der Waals surface area contributed by atoms with Crippen molar-refractivity contribution in [2.24, 2.45) is 5.73 Å². The van der Waals surface area contributed by atoms with Gasteiger partial charge in [0.15, 0.2) is 0 Å². The molecule has 0 spiro atoms. The lowest BCUT2D eigenvalue weighted by molar-refractivity contribution is -0.0518. The van der Waals surface area contributed by atoms with Gasteiger partial charge < -0.3 is 10.5 Å². The zero-order valence-corrected chi connectivity index (χ0v) is 10.5. The number of nitrogens with two attached hydrogens (primary N) is 1. The van der Waals surface area contributed by atoms with E-state index in [2.05, 4.69) is 25.7 Å². The van der Waals surface area contributed by atoms with E-state index in [9.17, 15) is 0 Å². The maximum Gasteiger partial charge on any atom is 0.0645 e. The largest absolute Gasteiger partial charge is 0.378 e. The molecule has 1 atom stereocenters. The second kappa shape index (κ2) is 5.83. The van der Waals surface area contributed by atoms with Gasteiger partial charge in [0.2, 0.25) is 0 Å². The van der Waals surface area contributed by atoms with Gasteiger partial charge in [-0.15, -0.1) is 0 Å². The molecule has 3 heteroatoms. The van der Waals surface area contributed by atoms with Gasteiger partial charge in [0, 0.05) is 24.7 Å². The molecule has 1 heterocycles. The molecule has 1 fully saturated rings. The van der Waals surface area contributed by atoms with Gasteiger partial charge in [-0.1, -0.05) is 13.3 Å². The normalized spacial score (nSPS) is 24.0. The quantitative estimate of drug-likeness (QED) is 0.755. The lowest BCUT2D eigenvalue weighted by atomic mass is 10.0. The van der Waals surface area contributed by atoms with Crippen LogP contribution in [0.4, 0.5) is 0 Å². The van der Waals surface area contributed by atoms with Crippen molar-refractivity contribution in [2.45, 2.75) is 51.6 Å². The fourth-order valence-corrected chi connectivity index (χ4v) is 2.14. The predicted octanol–water partition coefficient (Wildman–Crippen LogP) is 1.61. The van der Waals surface area contributed by atoms with Crippen molar-refractivity contribution in [3.8, 4) is 0 Å².